The third-order valence-electron chi connectivity index (χ3n) is 3.32. The van der Waals surface area contributed by atoms with E-state index in [0.29, 0.717) is 35.8 Å². The van der Waals surface area contributed by atoms with Crippen LogP contribution in [0.25, 0.3) is 0 Å². The summed E-state index contributed by atoms with van der Waals surface area (Å²) < 4.78 is 1.78. The highest BCUT2D eigenvalue weighted by atomic mass is 127. The Morgan fingerprint density at radius 1 is 1.39 bits per heavy atom. The van der Waals surface area contributed by atoms with Crippen LogP contribution in [0.3, 0.4) is 0 Å². The fourth-order valence-corrected chi connectivity index (χ4v) is 2.05. The van der Waals surface area contributed by atoms with Gasteiger partial charge in [-0.15, -0.1) is 24.0 Å². The normalized spacial score (nSPS) is 11.8. The molecule has 6 nitrogen and oxygen atoms in total. The summed E-state index contributed by atoms with van der Waals surface area (Å²) in [5.74, 6) is 0.238. The van der Waals surface area contributed by atoms with Gasteiger partial charge in [0, 0.05) is 25.8 Å². The number of rotatable bonds is 6. The molecule has 0 spiro atoms. The van der Waals surface area contributed by atoms with Crippen molar-refractivity contribution in [3.8, 4) is 0 Å². The number of halogens is 3. The predicted octanol–water partition coefficient (Wildman–Crippen LogP) is 2.52. The average Bonchev–Trinajstić information content (AvgIpc) is 2.69. The van der Waals surface area contributed by atoms with Crippen LogP contribution in [0, 0.1) is 5.41 Å². The maximum Gasteiger partial charge on any atom is 0.224 e. The highest BCUT2D eigenvalue weighted by Gasteiger charge is 2.24. The largest absolute Gasteiger partial charge is 0.369 e. The lowest BCUT2D eigenvalue weighted by Crippen LogP contribution is -2.46. The number of nitrogens with zero attached hydrogens (tertiary/aromatic N) is 2. The van der Waals surface area contributed by atoms with Gasteiger partial charge in [-0.2, -0.15) is 0 Å². The zero-order valence-corrected chi connectivity index (χ0v) is 17.6. The maximum atomic E-state index is 11.3. The smallest absolute Gasteiger partial charge is 0.224 e. The highest BCUT2D eigenvalue weighted by molar-refractivity contribution is 14.0. The third-order valence-corrected chi connectivity index (χ3v) is 4.17. The van der Waals surface area contributed by atoms with Crippen molar-refractivity contribution in [1.82, 2.24) is 15.2 Å². The molecule has 0 radical (unpaired) electrons. The quantitative estimate of drug-likeness (QED) is 0.335. The molecule has 132 valence electrons. The monoisotopic (exact) mass is 475 g/mol. The van der Waals surface area contributed by atoms with E-state index in [1.165, 1.54) is 0 Å². The van der Waals surface area contributed by atoms with Gasteiger partial charge in [-0.1, -0.05) is 23.2 Å². The Bertz CT molecular complexity index is 572. The van der Waals surface area contributed by atoms with Crippen LogP contribution in [0.4, 0.5) is 0 Å². The van der Waals surface area contributed by atoms with Crippen LogP contribution in [-0.4, -0.2) is 29.5 Å². The summed E-state index contributed by atoms with van der Waals surface area (Å²) in [6.07, 6.45) is 0. The molecule has 1 rings (SSSR count). The Kier molecular flexibility index (Phi) is 9.30. The summed E-state index contributed by atoms with van der Waals surface area (Å²) in [5, 5.41) is 7.22. The van der Waals surface area contributed by atoms with Gasteiger partial charge in [-0.3, -0.25) is 4.79 Å². The highest BCUT2D eigenvalue weighted by Crippen LogP contribution is 2.25. The maximum absolute atomic E-state index is 11.3. The number of primary amides is 1. The van der Waals surface area contributed by atoms with E-state index in [-0.39, 0.29) is 29.9 Å². The first kappa shape index (κ1) is 22.3. The number of nitrogens with two attached hydrogens (primary N) is 1. The van der Waals surface area contributed by atoms with Crippen molar-refractivity contribution in [3.63, 3.8) is 0 Å². The molecule has 0 fully saturated rings. The summed E-state index contributed by atoms with van der Waals surface area (Å²) in [6, 6.07) is 1.78. The Morgan fingerprint density at radius 3 is 2.43 bits per heavy atom. The number of hydrogen-bond acceptors (Lipinski definition) is 2. The first-order chi connectivity index (χ1) is 10.2. The fourth-order valence-electron chi connectivity index (χ4n) is 1.63. The molecule has 1 heterocycles. The van der Waals surface area contributed by atoms with Gasteiger partial charge in [0.2, 0.25) is 5.91 Å². The Balaban J connectivity index is 0.00000484. The van der Waals surface area contributed by atoms with Gasteiger partial charge in [-0.25, -0.2) is 4.99 Å². The molecule has 1 aromatic rings. The van der Waals surface area contributed by atoms with Gasteiger partial charge in [0.1, 0.15) is 5.15 Å². The molecule has 0 saturated heterocycles. The molecule has 4 N–H and O–H groups in total. The molecule has 0 aliphatic carbocycles. The summed E-state index contributed by atoms with van der Waals surface area (Å²) in [4.78, 5) is 15.8. The number of hydrogen-bond donors (Lipinski definition) is 3. The van der Waals surface area contributed by atoms with Crippen molar-refractivity contribution >= 4 is 59.0 Å². The minimum Gasteiger partial charge on any atom is -0.369 e. The Morgan fingerprint density at radius 2 is 2.00 bits per heavy atom. The molecular weight excluding hydrogens is 452 g/mol. The number of amides is 1. The van der Waals surface area contributed by atoms with Crippen LogP contribution in [0.1, 0.15) is 26.5 Å². The van der Waals surface area contributed by atoms with Crippen molar-refractivity contribution in [2.45, 2.75) is 27.3 Å². The zero-order chi connectivity index (χ0) is 16.9. The van der Waals surface area contributed by atoms with Crippen LogP contribution in [0.2, 0.25) is 10.2 Å². The minimum atomic E-state index is -0.659. The molecule has 0 bridgehead atoms. The van der Waals surface area contributed by atoms with Gasteiger partial charge in [-0.05, 0) is 26.8 Å². The molecule has 0 atom stereocenters. The minimum absolute atomic E-state index is 0. The molecule has 0 aliphatic rings. The Hall–Kier alpha value is -0.670. The van der Waals surface area contributed by atoms with E-state index in [9.17, 15) is 4.79 Å². The molecule has 0 aromatic carbocycles. The number of aliphatic imine (C=N–C) groups is 1. The van der Waals surface area contributed by atoms with Crippen LogP contribution in [0.15, 0.2) is 11.1 Å². The number of carbonyl (C=O) groups is 1. The number of nitrogens with one attached hydrogen (secondary N) is 2. The Labute approximate surface area is 164 Å². The van der Waals surface area contributed by atoms with Crippen molar-refractivity contribution in [3.05, 3.63) is 21.9 Å². The second kappa shape index (κ2) is 9.58. The lowest BCUT2D eigenvalue weighted by molar-refractivity contribution is -0.125. The third kappa shape index (κ3) is 6.39. The van der Waals surface area contributed by atoms with Crippen LogP contribution in [-0.2, 0) is 18.4 Å². The van der Waals surface area contributed by atoms with E-state index in [1.807, 2.05) is 14.0 Å². The molecule has 0 saturated carbocycles. The van der Waals surface area contributed by atoms with E-state index in [0.717, 1.165) is 5.69 Å². The van der Waals surface area contributed by atoms with Gasteiger partial charge < -0.3 is 20.9 Å². The van der Waals surface area contributed by atoms with E-state index in [4.69, 9.17) is 28.9 Å². The number of aromatic nitrogens is 1. The summed E-state index contributed by atoms with van der Waals surface area (Å²) in [6.45, 7) is 7.04. The molecular formula is C14H24Cl2IN5O. The van der Waals surface area contributed by atoms with Crippen molar-refractivity contribution in [2.24, 2.45) is 23.2 Å². The number of carbonyl (C=O) groups excluding carboxylic acids is 1. The molecule has 1 aromatic heterocycles. The van der Waals surface area contributed by atoms with E-state index in [2.05, 4.69) is 15.6 Å². The molecule has 1 amide bonds. The van der Waals surface area contributed by atoms with E-state index in [1.54, 1.807) is 24.5 Å². The van der Waals surface area contributed by atoms with Gasteiger partial charge in [0.25, 0.3) is 0 Å². The summed E-state index contributed by atoms with van der Waals surface area (Å²) in [7, 11) is 1.83. The first-order valence-corrected chi connectivity index (χ1v) is 7.76. The molecule has 23 heavy (non-hydrogen) atoms. The summed E-state index contributed by atoms with van der Waals surface area (Å²) >= 11 is 12.0. The standard InChI is InChI=1S/C14H23Cl2N5O.HI/c1-5-18-13(20-8-14(2,3)12(17)22)19-7-9-6-10(15)11(16)21(9)4;/h6H,5,7-8H2,1-4H3,(H2,17,22)(H2,18,19,20);1H. The second-order valence-electron chi connectivity index (χ2n) is 5.63. The average molecular weight is 476 g/mol. The van der Waals surface area contributed by atoms with Gasteiger partial charge >= 0.3 is 0 Å². The van der Waals surface area contributed by atoms with Crippen LogP contribution in [0.5, 0.6) is 0 Å². The van der Waals surface area contributed by atoms with Gasteiger partial charge in [0.05, 0.1) is 17.0 Å². The SMILES string of the molecule is CCNC(=NCc1cc(Cl)c(Cl)n1C)NCC(C)(C)C(N)=O.I. The number of guanidine groups is 1. The molecule has 0 aliphatic heterocycles. The first-order valence-electron chi connectivity index (χ1n) is 7.00. The van der Waals surface area contributed by atoms with Crippen molar-refractivity contribution in [2.75, 3.05) is 13.1 Å². The molecule has 0 unspecified atom stereocenters. The second-order valence-corrected chi connectivity index (χ2v) is 6.40. The lowest BCUT2D eigenvalue weighted by atomic mass is 9.93. The van der Waals surface area contributed by atoms with Crippen LogP contribution >= 0.6 is 47.2 Å². The van der Waals surface area contributed by atoms with E-state index < -0.39 is 5.41 Å². The topological polar surface area (TPSA) is 84.4 Å². The summed E-state index contributed by atoms with van der Waals surface area (Å²) in [5.41, 5.74) is 5.59. The fraction of sp³-hybridized carbons (Fsp3) is 0.571. The van der Waals surface area contributed by atoms with Crippen molar-refractivity contribution < 1.29 is 4.79 Å². The van der Waals surface area contributed by atoms with Crippen molar-refractivity contribution in [1.29, 1.82) is 0 Å². The lowest BCUT2D eigenvalue weighted by Gasteiger charge is -2.22. The molecule has 9 heteroatoms. The predicted molar refractivity (Wildman–Crippen MR) is 107 cm³/mol. The van der Waals surface area contributed by atoms with Crippen LogP contribution < -0.4 is 16.4 Å². The van der Waals surface area contributed by atoms with E-state index >= 15 is 0 Å². The zero-order valence-electron chi connectivity index (χ0n) is 13.7. The van der Waals surface area contributed by atoms with Gasteiger partial charge in [0.15, 0.2) is 5.96 Å².